The molecule has 1 aliphatic carbocycles. The van der Waals surface area contributed by atoms with Crippen molar-refractivity contribution < 1.29 is 0 Å². The Hall–Kier alpha value is -0.490. The van der Waals surface area contributed by atoms with Gasteiger partial charge in [0.1, 0.15) is 0 Å². The number of benzene rings is 1. The molecule has 100 valence electrons. The molecule has 4 heteroatoms. The second-order valence-electron chi connectivity index (χ2n) is 5.53. The molecule has 0 bridgehead atoms. The number of nitrogens with zero attached hydrogens (tertiary/aromatic N) is 2. The minimum atomic E-state index is 0.337. The number of anilines is 2. The molecule has 1 fully saturated rings. The zero-order valence-corrected chi connectivity index (χ0v) is 13.6. The van der Waals surface area contributed by atoms with Crippen LogP contribution in [-0.2, 0) is 0 Å². The Kier molecular flexibility index (Phi) is 4.06. The molecule has 18 heavy (non-hydrogen) atoms. The van der Waals surface area contributed by atoms with E-state index in [1.165, 1.54) is 22.8 Å². The van der Waals surface area contributed by atoms with Crippen molar-refractivity contribution in [1.82, 2.24) is 4.90 Å². The van der Waals surface area contributed by atoms with Gasteiger partial charge >= 0.3 is 0 Å². The maximum absolute atomic E-state index is 6.12. The van der Waals surface area contributed by atoms with Crippen LogP contribution in [0.1, 0.15) is 19.3 Å². The number of nitrogen functional groups attached to an aromatic ring is 1. The Bertz CT molecular complexity index is 427. The average molecular weight is 359 g/mol. The lowest BCUT2D eigenvalue weighted by atomic mass is 9.75. The fraction of sp³-hybridized carbons (Fsp3) is 0.571. The molecule has 1 aromatic rings. The van der Waals surface area contributed by atoms with E-state index in [1.54, 1.807) is 0 Å². The quantitative estimate of drug-likeness (QED) is 0.663. The van der Waals surface area contributed by atoms with Crippen LogP contribution in [0.4, 0.5) is 11.4 Å². The van der Waals surface area contributed by atoms with Crippen molar-refractivity contribution in [2.45, 2.75) is 24.8 Å². The molecule has 0 spiro atoms. The molecule has 0 unspecified atom stereocenters. The smallest absolute Gasteiger partial charge is 0.0598 e. The van der Waals surface area contributed by atoms with E-state index in [1.807, 2.05) is 6.07 Å². The zero-order chi connectivity index (χ0) is 13.3. The van der Waals surface area contributed by atoms with Crippen LogP contribution < -0.4 is 10.6 Å². The highest BCUT2D eigenvalue weighted by Crippen LogP contribution is 2.38. The molecule has 0 radical (unpaired) electrons. The Morgan fingerprint density at radius 1 is 1.28 bits per heavy atom. The van der Waals surface area contributed by atoms with E-state index in [-0.39, 0.29) is 0 Å². The van der Waals surface area contributed by atoms with Crippen molar-refractivity contribution in [3.05, 3.63) is 21.8 Å². The van der Waals surface area contributed by atoms with Crippen molar-refractivity contribution in [2.24, 2.45) is 0 Å². The lowest BCUT2D eigenvalue weighted by Gasteiger charge is -2.49. The van der Waals surface area contributed by atoms with Gasteiger partial charge in [-0.1, -0.05) is 0 Å². The number of rotatable bonds is 4. The number of hydrogen-bond donors (Lipinski definition) is 1. The van der Waals surface area contributed by atoms with Crippen LogP contribution in [0.5, 0.6) is 0 Å². The number of likely N-dealkylation sites (N-methyl/N-ethyl adjacent to an activating group) is 2. The molecule has 1 aromatic carbocycles. The Morgan fingerprint density at radius 3 is 2.39 bits per heavy atom. The lowest BCUT2D eigenvalue weighted by molar-refractivity contribution is 0.0683. The molecule has 2 N–H and O–H groups in total. The summed E-state index contributed by atoms with van der Waals surface area (Å²) in [6.45, 7) is 1.05. The minimum Gasteiger partial charge on any atom is -0.397 e. The lowest BCUT2D eigenvalue weighted by Crippen LogP contribution is -2.56. The van der Waals surface area contributed by atoms with Crippen LogP contribution in [0, 0.1) is 3.57 Å². The molecule has 1 saturated carbocycles. The van der Waals surface area contributed by atoms with Crippen molar-refractivity contribution >= 4 is 34.0 Å². The van der Waals surface area contributed by atoms with Crippen LogP contribution in [-0.4, -0.2) is 38.1 Å². The third-order valence-electron chi connectivity index (χ3n) is 4.17. The molecule has 0 saturated heterocycles. The molecule has 0 aromatic heterocycles. The van der Waals surface area contributed by atoms with Crippen molar-refractivity contribution in [3.8, 4) is 0 Å². The SMILES string of the molecule is CN(CC1(N(C)C)CCC1)c1ccc(I)cc1N. The summed E-state index contributed by atoms with van der Waals surface area (Å²) in [7, 11) is 6.51. The van der Waals surface area contributed by atoms with Crippen LogP contribution in [0.25, 0.3) is 0 Å². The van der Waals surface area contributed by atoms with Crippen LogP contribution >= 0.6 is 22.6 Å². The Morgan fingerprint density at radius 2 is 1.94 bits per heavy atom. The highest BCUT2D eigenvalue weighted by molar-refractivity contribution is 14.1. The molecule has 0 atom stereocenters. The third-order valence-corrected chi connectivity index (χ3v) is 4.84. The Labute approximate surface area is 123 Å². The molecule has 2 rings (SSSR count). The third kappa shape index (κ3) is 2.59. The highest BCUT2D eigenvalue weighted by Gasteiger charge is 2.40. The summed E-state index contributed by atoms with van der Waals surface area (Å²) in [5, 5.41) is 0. The first kappa shape index (κ1) is 13.9. The monoisotopic (exact) mass is 359 g/mol. The van der Waals surface area contributed by atoms with Crippen LogP contribution in [0.2, 0.25) is 0 Å². The van der Waals surface area contributed by atoms with Gasteiger partial charge in [0.25, 0.3) is 0 Å². The van der Waals surface area contributed by atoms with Gasteiger partial charge in [0, 0.05) is 22.7 Å². The summed E-state index contributed by atoms with van der Waals surface area (Å²) in [5.41, 5.74) is 8.47. The summed E-state index contributed by atoms with van der Waals surface area (Å²) in [4.78, 5) is 4.67. The van der Waals surface area contributed by atoms with Gasteiger partial charge in [-0.25, -0.2) is 0 Å². The summed E-state index contributed by atoms with van der Waals surface area (Å²) < 4.78 is 1.19. The molecular formula is C14H22IN3. The van der Waals surface area contributed by atoms with E-state index in [4.69, 9.17) is 5.73 Å². The first-order chi connectivity index (χ1) is 8.44. The van der Waals surface area contributed by atoms with E-state index >= 15 is 0 Å². The second kappa shape index (κ2) is 5.25. The van der Waals surface area contributed by atoms with Crippen LogP contribution in [0.15, 0.2) is 18.2 Å². The molecule has 1 aliphatic rings. The normalized spacial score (nSPS) is 17.6. The van der Waals surface area contributed by atoms with Gasteiger partial charge in [-0.3, -0.25) is 0 Å². The van der Waals surface area contributed by atoms with Crippen molar-refractivity contribution in [3.63, 3.8) is 0 Å². The fourth-order valence-electron chi connectivity index (χ4n) is 2.73. The number of nitrogens with two attached hydrogens (primary N) is 1. The molecule has 0 heterocycles. The van der Waals surface area contributed by atoms with Gasteiger partial charge in [0.15, 0.2) is 0 Å². The summed E-state index contributed by atoms with van der Waals surface area (Å²) >= 11 is 2.30. The zero-order valence-electron chi connectivity index (χ0n) is 11.4. The predicted molar refractivity (Wildman–Crippen MR) is 87.1 cm³/mol. The Balaban J connectivity index is 2.14. The maximum atomic E-state index is 6.12. The number of hydrogen-bond acceptors (Lipinski definition) is 3. The van der Waals surface area contributed by atoms with E-state index in [0.29, 0.717) is 5.54 Å². The highest BCUT2D eigenvalue weighted by atomic mass is 127. The topological polar surface area (TPSA) is 32.5 Å². The van der Waals surface area contributed by atoms with Crippen LogP contribution in [0.3, 0.4) is 0 Å². The van der Waals surface area contributed by atoms with E-state index < -0.39 is 0 Å². The van der Waals surface area contributed by atoms with Gasteiger partial charge in [-0.15, -0.1) is 0 Å². The predicted octanol–water partition coefficient (Wildman–Crippen LogP) is 2.79. The van der Waals surface area contributed by atoms with Gasteiger partial charge in [-0.05, 0) is 74.1 Å². The van der Waals surface area contributed by atoms with Gasteiger partial charge < -0.3 is 15.5 Å². The van der Waals surface area contributed by atoms with Gasteiger partial charge in [0.2, 0.25) is 0 Å². The van der Waals surface area contributed by atoms with E-state index in [2.05, 4.69) is 65.7 Å². The number of halogens is 1. The van der Waals surface area contributed by atoms with E-state index in [0.717, 1.165) is 17.9 Å². The first-order valence-corrected chi connectivity index (χ1v) is 7.46. The minimum absolute atomic E-state index is 0.337. The van der Waals surface area contributed by atoms with Crippen molar-refractivity contribution in [1.29, 1.82) is 0 Å². The second-order valence-corrected chi connectivity index (χ2v) is 6.78. The molecule has 3 nitrogen and oxygen atoms in total. The van der Waals surface area contributed by atoms with E-state index in [9.17, 15) is 0 Å². The summed E-state index contributed by atoms with van der Waals surface area (Å²) in [5.74, 6) is 0. The maximum Gasteiger partial charge on any atom is 0.0598 e. The molecule has 0 aliphatic heterocycles. The summed E-state index contributed by atoms with van der Waals surface area (Å²) in [6.07, 6.45) is 3.91. The molecular weight excluding hydrogens is 337 g/mol. The van der Waals surface area contributed by atoms with Gasteiger partial charge in [0.05, 0.1) is 11.4 Å². The fourth-order valence-corrected chi connectivity index (χ4v) is 3.25. The van der Waals surface area contributed by atoms with Crippen molar-refractivity contribution in [2.75, 3.05) is 38.3 Å². The summed E-state index contributed by atoms with van der Waals surface area (Å²) in [6, 6.07) is 6.28. The largest absolute Gasteiger partial charge is 0.397 e. The molecule has 0 amide bonds. The average Bonchev–Trinajstić information content (AvgIpc) is 2.22. The standard InChI is InChI=1S/C14H22IN3/c1-17(2)14(7-4-8-14)10-18(3)13-6-5-11(15)9-12(13)16/h5-6,9H,4,7-8,10,16H2,1-3H3. The van der Waals surface area contributed by atoms with Gasteiger partial charge in [-0.2, -0.15) is 0 Å². The first-order valence-electron chi connectivity index (χ1n) is 6.38.